The van der Waals surface area contributed by atoms with E-state index in [1.807, 2.05) is 0 Å². The molecule has 0 aliphatic rings. The summed E-state index contributed by atoms with van der Waals surface area (Å²) in [6.45, 7) is 0.188. The normalized spacial score (nSPS) is 11.5. The highest BCUT2D eigenvalue weighted by molar-refractivity contribution is 7.15. The molecule has 118 valence electrons. The highest BCUT2D eigenvalue weighted by atomic mass is 32.1. The summed E-state index contributed by atoms with van der Waals surface area (Å²) in [7, 11) is 1.66. The third-order valence-corrected chi connectivity index (χ3v) is 3.71. The Bertz CT molecular complexity index is 638. The number of aromatic nitrogens is 1. The number of alkyl halides is 3. The first-order chi connectivity index (χ1) is 10.4. The minimum atomic E-state index is -4.33. The van der Waals surface area contributed by atoms with Gasteiger partial charge in [0.1, 0.15) is 0 Å². The summed E-state index contributed by atoms with van der Waals surface area (Å²) in [6.07, 6.45) is -2.25. The number of hydrogen-bond acceptors (Lipinski definition) is 4. The van der Waals surface area contributed by atoms with E-state index in [0.717, 1.165) is 22.6 Å². The molecule has 1 aromatic carbocycles. The van der Waals surface area contributed by atoms with Crippen molar-refractivity contribution < 1.29 is 18.0 Å². The van der Waals surface area contributed by atoms with Crippen molar-refractivity contribution in [3.8, 4) is 0 Å². The number of rotatable bonds is 5. The fourth-order valence-electron chi connectivity index (χ4n) is 1.78. The molecule has 2 N–H and O–H groups in total. The average molecular weight is 329 g/mol. The Morgan fingerprint density at radius 2 is 1.95 bits per heavy atom. The summed E-state index contributed by atoms with van der Waals surface area (Å²) >= 11 is 1.30. The van der Waals surface area contributed by atoms with Crippen LogP contribution in [0, 0.1) is 0 Å². The Morgan fingerprint density at radius 1 is 1.27 bits per heavy atom. The number of nitrogens with one attached hydrogen (secondary N) is 2. The van der Waals surface area contributed by atoms with Crippen LogP contribution in [0.25, 0.3) is 0 Å². The van der Waals surface area contributed by atoms with Gasteiger partial charge in [-0.05, 0) is 24.7 Å². The van der Waals surface area contributed by atoms with Gasteiger partial charge in [0.25, 0.3) is 0 Å². The van der Waals surface area contributed by atoms with Crippen molar-refractivity contribution >= 4 is 22.4 Å². The Morgan fingerprint density at radius 3 is 2.55 bits per heavy atom. The Hall–Kier alpha value is -1.93. The van der Waals surface area contributed by atoms with Gasteiger partial charge in [-0.3, -0.25) is 4.79 Å². The number of benzene rings is 1. The second-order valence-corrected chi connectivity index (χ2v) is 5.70. The molecule has 1 amide bonds. The van der Waals surface area contributed by atoms with Crippen LogP contribution in [-0.4, -0.2) is 24.5 Å². The van der Waals surface area contributed by atoms with Crippen LogP contribution in [0.4, 0.5) is 18.3 Å². The first-order valence-electron chi connectivity index (χ1n) is 6.44. The highest BCUT2D eigenvalue weighted by Gasteiger charge is 2.29. The van der Waals surface area contributed by atoms with Crippen molar-refractivity contribution in [2.75, 3.05) is 18.9 Å². The number of thiazole rings is 1. The number of carbonyl (C=O) groups excluding carboxylic acids is 1. The molecule has 0 aliphatic carbocycles. The maximum absolute atomic E-state index is 12.5. The van der Waals surface area contributed by atoms with E-state index >= 15 is 0 Å². The molecule has 0 unspecified atom stereocenters. The standard InChI is InChI=1S/C14H14F3N3OS/c1-18-8-12(21)20-13-19-7-11(22-13)6-9-2-4-10(5-3-9)14(15,16)17/h2-5,7,18H,6,8H2,1H3,(H,19,20,21). The molecule has 0 bridgehead atoms. The minimum Gasteiger partial charge on any atom is -0.311 e. The van der Waals surface area contributed by atoms with Gasteiger partial charge in [0, 0.05) is 17.5 Å². The molecular weight excluding hydrogens is 315 g/mol. The van der Waals surface area contributed by atoms with Crippen molar-refractivity contribution in [1.29, 1.82) is 0 Å². The third kappa shape index (κ3) is 4.54. The number of hydrogen-bond donors (Lipinski definition) is 2. The number of carbonyl (C=O) groups is 1. The molecule has 8 heteroatoms. The molecule has 0 saturated heterocycles. The molecule has 1 heterocycles. The topological polar surface area (TPSA) is 54.0 Å². The summed E-state index contributed by atoms with van der Waals surface area (Å²) < 4.78 is 37.4. The molecule has 0 radical (unpaired) electrons. The van der Waals surface area contributed by atoms with Crippen LogP contribution in [0.1, 0.15) is 16.0 Å². The number of halogens is 3. The largest absolute Gasteiger partial charge is 0.416 e. The number of amides is 1. The smallest absolute Gasteiger partial charge is 0.311 e. The van der Waals surface area contributed by atoms with Crippen molar-refractivity contribution in [2.45, 2.75) is 12.6 Å². The zero-order valence-corrected chi connectivity index (χ0v) is 12.5. The van der Waals surface area contributed by atoms with Gasteiger partial charge in [-0.15, -0.1) is 11.3 Å². The fourth-order valence-corrected chi connectivity index (χ4v) is 2.65. The lowest BCUT2D eigenvalue weighted by Crippen LogP contribution is -2.24. The Labute approximate surface area is 129 Å². The molecule has 0 spiro atoms. The van der Waals surface area contributed by atoms with E-state index in [0.29, 0.717) is 11.6 Å². The molecular formula is C14H14F3N3OS. The third-order valence-electron chi connectivity index (χ3n) is 2.80. The van der Waals surface area contributed by atoms with Crippen LogP contribution < -0.4 is 10.6 Å². The highest BCUT2D eigenvalue weighted by Crippen LogP contribution is 2.29. The number of likely N-dealkylation sites (N-methyl/N-ethyl adjacent to an activating group) is 1. The van der Waals surface area contributed by atoms with Crippen LogP contribution in [-0.2, 0) is 17.4 Å². The van der Waals surface area contributed by atoms with Crippen molar-refractivity contribution in [3.63, 3.8) is 0 Å². The van der Waals surface area contributed by atoms with Gasteiger partial charge in [-0.2, -0.15) is 13.2 Å². The van der Waals surface area contributed by atoms with Crippen LogP contribution >= 0.6 is 11.3 Å². The lowest BCUT2D eigenvalue weighted by Gasteiger charge is -2.06. The lowest BCUT2D eigenvalue weighted by molar-refractivity contribution is -0.137. The minimum absolute atomic E-state index is 0.188. The molecule has 0 fully saturated rings. The molecule has 1 aromatic heterocycles. The van der Waals surface area contributed by atoms with E-state index in [4.69, 9.17) is 0 Å². The molecule has 4 nitrogen and oxygen atoms in total. The predicted molar refractivity (Wildman–Crippen MR) is 78.9 cm³/mol. The van der Waals surface area contributed by atoms with Crippen molar-refractivity contribution in [3.05, 3.63) is 46.5 Å². The zero-order valence-electron chi connectivity index (χ0n) is 11.7. The van der Waals surface area contributed by atoms with Crippen LogP contribution in [0.5, 0.6) is 0 Å². The quantitative estimate of drug-likeness (QED) is 0.887. The van der Waals surface area contributed by atoms with Crippen molar-refractivity contribution in [1.82, 2.24) is 10.3 Å². The number of nitrogens with zero attached hydrogens (tertiary/aromatic N) is 1. The fraction of sp³-hybridized carbons (Fsp3) is 0.286. The molecule has 0 saturated carbocycles. The van der Waals surface area contributed by atoms with Crippen LogP contribution in [0.3, 0.4) is 0 Å². The van der Waals surface area contributed by atoms with E-state index in [9.17, 15) is 18.0 Å². The van der Waals surface area contributed by atoms with E-state index in [1.54, 1.807) is 13.2 Å². The van der Waals surface area contributed by atoms with Crippen LogP contribution in [0.15, 0.2) is 30.5 Å². The van der Waals surface area contributed by atoms with Gasteiger partial charge in [-0.1, -0.05) is 12.1 Å². The predicted octanol–water partition coefficient (Wildman–Crippen LogP) is 2.91. The molecule has 22 heavy (non-hydrogen) atoms. The van der Waals surface area contributed by atoms with Gasteiger partial charge in [-0.25, -0.2) is 4.98 Å². The first-order valence-corrected chi connectivity index (χ1v) is 7.25. The summed E-state index contributed by atoms with van der Waals surface area (Å²) in [6, 6.07) is 5.02. The number of anilines is 1. The lowest BCUT2D eigenvalue weighted by atomic mass is 10.1. The van der Waals surface area contributed by atoms with E-state index in [-0.39, 0.29) is 12.5 Å². The molecule has 2 aromatic rings. The maximum Gasteiger partial charge on any atom is 0.416 e. The Kier molecular flexibility index (Phi) is 5.15. The second kappa shape index (κ2) is 6.89. The van der Waals surface area contributed by atoms with Crippen LogP contribution in [0.2, 0.25) is 0 Å². The Balaban J connectivity index is 1.99. The van der Waals surface area contributed by atoms with Gasteiger partial charge >= 0.3 is 6.18 Å². The molecule has 0 atom stereocenters. The van der Waals surface area contributed by atoms with E-state index < -0.39 is 11.7 Å². The van der Waals surface area contributed by atoms with Gasteiger partial charge < -0.3 is 10.6 Å². The van der Waals surface area contributed by atoms with E-state index in [1.165, 1.54) is 23.5 Å². The maximum atomic E-state index is 12.5. The SMILES string of the molecule is CNCC(=O)Nc1ncc(Cc2ccc(C(F)(F)F)cc2)s1. The van der Waals surface area contributed by atoms with Gasteiger partial charge in [0.2, 0.25) is 5.91 Å². The summed E-state index contributed by atoms with van der Waals surface area (Å²) in [5.74, 6) is -0.196. The summed E-state index contributed by atoms with van der Waals surface area (Å²) in [4.78, 5) is 16.3. The first kappa shape index (κ1) is 16.4. The zero-order chi connectivity index (χ0) is 16.2. The summed E-state index contributed by atoms with van der Waals surface area (Å²) in [5, 5.41) is 5.83. The van der Waals surface area contributed by atoms with Gasteiger partial charge in [0.15, 0.2) is 5.13 Å². The average Bonchev–Trinajstić information content (AvgIpc) is 2.85. The monoisotopic (exact) mass is 329 g/mol. The summed E-state index contributed by atoms with van der Waals surface area (Å²) in [5.41, 5.74) is 0.0883. The van der Waals surface area contributed by atoms with Crippen molar-refractivity contribution in [2.24, 2.45) is 0 Å². The van der Waals surface area contributed by atoms with E-state index in [2.05, 4.69) is 15.6 Å². The molecule has 0 aliphatic heterocycles. The van der Waals surface area contributed by atoms with Gasteiger partial charge in [0.05, 0.1) is 12.1 Å². The second-order valence-electron chi connectivity index (χ2n) is 4.58. The molecule has 2 rings (SSSR count).